The predicted octanol–water partition coefficient (Wildman–Crippen LogP) is 1.83. The molecular formula is C12H12ClN5. The van der Waals surface area contributed by atoms with Gasteiger partial charge in [0.05, 0.1) is 11.1 Å². The molecule has 0 spiro atoms. The van der Waals surface area contributed by atoms with Gasteiger partial charge in [0.25, 0.3) is 0 Å². The maximum absolute atomic E-state index is 6.09. The summed E-state index contributed by atoms with van der Waals surface area (Å²) in [5.74, 6) is 1.50. The maximum Gasteiger partial charge on any atom is 0.222 e. The Morgan fingerprint density at radius 2 is 1.83 bits per heavy atom. The van der Waals surface area contributed by atoms with Crippen LogP contribution in [0.5, 0.6) is 0 Å². The normalized spacial score (nSPS) is 15.3. The van der Waals surface area contributed by atoms with Crippen LogP contribution in [-0.4, -0.2) is 34.1 Å². The molecule has 2 aromatic rings. The first-order valence-corrected chi connectivity index (χ1v) is 6.10. The summed E-state index contributed by atoms with van der Waals surface area (Å²) >= 11 is 6.09. The smallest absolute Gasteiger partial charge is 0.222 e. The predicted molar refractivity (Wildman–Crippen MR) is 70.9 cm³/mol. The lowest BCUT2D eigenvalue weighted by molar-refractivity contribution is 0.541. The van der Waals surface area contributed by atoms with Crippen LogP contribution < -0.4 is 10.2 Å². The number of nitrogens with one attached hydrogen (secondary N) is 1. The monoisotopic (exact) mass is 261 g/mol. The molecule has 92 valence electrons. The lowest BCUT2D eigenvalue weighted by Gasteiger charge is -2.40. The van der Waals surface area contributed by atoms with E-state index in [9.17, 15) is 0 Å². The molecule has 6 heteroatoms. The number of pyridine rings is 1. The summed E-state index contributed by atoms with van der Waals surface area (Å²) in [6.07, 6.45) is 5.20. The van der Waals surface area contributed by atoms with E-state index in [0.717, 1.165) is 18.9 Å². The zero-order valence-corrected chi connectivity index (χ0v) is 10.4. The van der Waals surface area contributed by atoms with Crippen molar-refractivity contribution in [2.45, 2.75) is 6.04 Å². The van der Waals surface area contributed by atoms with Crippen LogP contribution >= 0.6 is 11.6 Å². The molecule has 3 rings (SSSR count). The molecule has 5 nitrogen and oxygen atoms in total. The molecule has 3 heterocycles. The van der Waals surface area contributed by atoms with Gasteiger partial charge in [-0.05, 0) is 18.2 Å². The van der Waals surface area contributed by atoms with Gasteiger partial charge in [-0.15, -0.1) is 0 Å². The molecule has 0 saturated carbocycles. The Morgan fingerprint density at radius 1 is 1.11 bits per heavy atom. The average Bonchev–Trinajstić information content (AvgIpc) is 2.36. The van der Waals surface area contributed by atoms with Gasteiger partial charge in [-0.1, -0.05) is 11.6 Å². The van der Waals surface area contributed by atoms with Crippen molar-refractivity contribution in [1.82, 2.24) is 15.0 Å². The fraction of sp³-hybridized carbons (Fsp3) is 0.250. The minimum Gasteiger partial charge on any atom is -0.351 e. The maximum atomic E-state index is 6.09. The molecule has 0 radical (unpaired) electrons. The molecule has 18 heavy (non-hydrogen) atoms. The number of halogens is 1. The molecule has 1 aliphatic rings. The number of aromatic nitrogens is 3. The second kappa shape index (κ2) is 4.78. The molecule has 0 unspecified atom stereocenters. The summed E-state index contributed by atoms with van der Waals surface area (Å²) in [4.78, 5) is 14.7. The zero-order valence-electron chi connectivity index (χ0n) is 9.62. The van der Waals surface area contributed by atoms with Crippen molar-refractivity contribution < 1.29 is 0 Å². The van der Waals surface area contributed by atoms with Crippen LogP contribution in [-0.2, 0) is 0 Å². The lowest BCUT2D eigenvalue weighted by Crippen LogP contribution is -2.55. The molecule has 1 aliphatic heterocycles. The van der Waals surface area contributed by atoms with E-state index in [2.05, 4.69) is 25.2 Å². The molecule has 2 aromatic heterocycles. The van der Waals surface area contributed by atoms with Gasteiger partial charge in [0.1, 0.15) is 5.82 Å². The Bertz CT molecular complexity index is 527. The van der Waals surface area contributed by atoms with E-state index in [1.54, 1.807) is 24.7 Å². The summed E-state index contributed by atoms with van der Waals surface area (Å²) in [5, 5.41) is 3.95. The Labute approximate surface area is 110 Å². The van der Waals surface area contributed by atoms with Crippen molar-refractivity contribution in [3.8, 4) is 0 Å². The Kier molecular flexibility index (Phi) is 2.98. The van der Waals surface area contributed by atoms with Crippen LogP contribution in [0.25, 0.3) is 0 Å². The van der Waals surface area contributed by atoms with Gasteiger partial charge in [0.15, 0.2) is 0 Å². The third-order valence-corrected chi connectivity index (χ3v) is 3.11. The number of hydrogen-bond acceptors (Lipinski definition) is 5. The molecule has 0 aromatic carbocycles. The highest BCUT2D eigenvalue weighted by molar-refractivity contribution is 6.32. The summed E-state index contributed by atoms with van der Waals surface area (Å²) < 4.78 is 0. The van der Waals surface area contributed by atoms with Gasteiger partial charge in [0, 0.05) is 31.7 Å². The average molecular weight is 262 g/mol. The minimum atomic E-state index is 0.338. The highest BCUT2D eigenvalue weighted by atomic mass is 35.5. The zero-order chi connectivity index (χ0) is 12.4. The first kappa shape index (κ1) is 11.2. The minimum absolute atomic E-state index is 0.338. The van der Waals surface area contributed by atoms with Crippen molar-refractivity contribution in [3.05, 3.63) is 41.8 Å². The fourth-order valence-electron chi connectivity index (χ4n) is 1.91. The number of hydrogen-bond donors (Lipinski definition) is 1. The van der Waals surface area contributed by atoms with Gasteiger partial charge in [-0.3, -0.25) is 0 Å². The molecule has 0 amide bonds. The number of anilines is 2. The van der Waals surface area contributed by atoms with Crippen molar-refractivity contribution in [3.63, 3.8) is 0 Å². The third kappa shape index (κ3) is 2.22. The van der Waals surface area contributed by atoms with E-state index in [0.29, 0.717) is 17.0 Å². The molecule has 1 saturated heterocycles. The second-order valence-electron chi connectivity index (χ2n) is 4.13. The van der Waals surface area contributed by atoms with E-state index in [1.807, 2.05) is 12.1 Å². The first-order valence-electron chi connectivity index (χ1n) is 5.72. The van der Waals surface area contributed by atoms with Crippen LogP contribution in [0.3, 0.4) is 0 Å². The third-order valence-electron chi connectivity index (χ3n) is 2.82. The van der Waals surface area contributed by atoms with Crippen molar-refractivity contribution in [2.24, 2.45) is 0 Å². The fourth-order valence-corrected chi connectivity index (χ4v) is 2.15. The second-order valence-corrected chi connectivity index (χ2v) is 4.53. The molecule has 0 aliphatic carbocycles. The van der Waals surface area contributed by atoms with E-state index in [4.69, 9.17) is 11.6 Å². The van der Waals surface area contributed by atoms with Crippen molar-refractivity contribution in [2.75, 3.05) is 23.3 Å². The van der Waals surface area contributed by atoms with Gasteiger partial charge >= 0.3 is 0 Å². The van der Waals surface area contributed by atoms with Crippen molar-refractivity contribution >= 4 is 23.4 Å². The number of nitrogens with zero attached hydrogens (tertiary/aromatic N) is 4. The lowest BCUT2D eigenvalue weighted by atomic mass is 10.1. The van der Waals surface area contributed by atoms with Crippen LogP contribution in [0.2, 0.25) is 5.02 Å². The van der Waals surface area contributed by atoms with E-state index in [-0.39, 0.29) is 0 Å². The van der Waals surface area contributed by atoms with Crippen LogP contribution in [0.1, 0.15) is 0 Å². The standard InChI is InChI=1S/C12H12ClN5/c13-10-3-1-4-14-11(10)18-7-9(8-18)17-12-15-5-2-6-16-12/h1-6,9H,7-8H2,(H,15,16,17). The van der Waals surface area contributed by atoms with Gasteiger partial charge in [0.2, 0.25) is 5.95 Å². The Hall–Kier alpha value is -1.88. The molecule has 0 bridgehead atoms. The van der Waals surface area contributed by atoms with Gasteiger partial charge in [-0.25, -0.2) is 15.0 Å². The molecule has 1 fully saturated rings. The van der Waals surface area contributed by atoms with E-state index < -0.39 is 0 Å². The van der Waals surface area contributed by atoms with Gasteiger partial charge in [-0.2, -0.15) is 0 Å². The van der Waals surface area contributed by atoms with Crippen molar-refractivity contribution in [1.29, 1.82) is 0 Å². The highest BCUT2D eigenvalue weighted by Crippen LogP contribution is 2.26. The summed E-state index contributed by atoms with van der Waals surface area (Å²) in [6.45, 7) is 1.71. The summed E-state index contributed by atoms with van der Waals surface area (Å²) in [5.41, 5.74) is 0. The van der Waals surface area contributed by atoms with E-state index in [1.165, 1.54) is 0 Å². The van der Waals surface area contributed by atoms with E-state index >= 15 is 0 Å². The summed E-state index contributed by atoms with van der Waals surface area (Å²) in [7, 11) is 0. The highest BCUT2D eigenvalue weighted by Gasteiger charge is 2.29. The Morgan fingerprint density at radius 3 is 2.56 bits per heavy atom. The Balaban J connectivity index is 1.59. The van der Waals surface area contributed by atoms with Gasteiger partial charge < -0.3 is 10.2 Å². The van der Waals surface area contributed by atoms with Crippen LogP contribution in [0.4, 0.5) is 11.8 Å². The first-order chi connectivity index (χ1) is 8.83. The van der Waals surface area contributed by atoms with Crippen LogP contribution in [0.15, 0.2) is 36.8 Å². The summed E-state index contributed by atoms with van der Waals surface area (Å²) in [6, 6.07) is 5.82. The number of rotatable bonds is 3. The van der Waals surface area contributed by atoms with Crippen LogP contribution in [0, 0.1) is 0 Å². The molecule has 1 N–H and O–H groups in total. The molecule has 0 atom stereocenters. The quantitative estimate of drug-likeness (QED) is 0.914. The largest absolute Gasteiger partial charge is 0.351 e. The topological polar surface area (TPSA) is 53.9 Å². The molecular weight excluding hydrogens is 250 g/mol. The SMILES string of the molecule is Clc1cccnc1N1CC(Nc2ncccn2)C1.